The first-order valence-electron chi connectivity index (χ1n) is 7.81. The number of amides is 1. The highest BCUT2D eigenvalue weighted by Crippen LogP contribution is 2.16. The Morgan fingerprint density at radius 2 is 1.78 bits per heavy atom. The van der Waals surface area contributed by atoms with Crippen molar-refractivity contribution in [3.8, 4) is 5.69 Å². The number of carbonyl (C=O) groups is 1. The van der Waals surface area contributed by atoms with Crippen LogP contribution in [0.3, 0.4) is 0 Å². The second-order valence-corrected chi connectivity index (χ2v) is 6.22. The summed E-state index contributed by atoms with van der Waals surface area (Å²) in [7, 11) is 0. The zero-order valence-corrected chi connectivity index (χ0v) is 14.3. The number of aromatic nitrogens is 3. The summed E-state index contributed by atoms with van der Waals surface area (Å²) in [5, 5.41) is 5.32. The molecule has 9 heteroatoms. The summed E-state index contributed by atoms with van der Waals surface area (Å²) in [4.78, 5) is 51.5. The van der Waals surface area contributed by atoms with E-state index >= 15 is 0 Å². The van der Waals surface area contributed by atoms with Gasteiger partial charge in [-0.05, 0) is 42.5 Å². The van der Waals surface area contributed by atoms with Crippen LogP contribution >= 0.6 is 11.6 Å². The van der Waals surface area contributed by atoms with E-state index in [4.69, 9.17) is 11.6 Å². The summed E-state index contributed by atoms with van der Waals surface area (Å²) >= 11 is 5.93. The van der Waals surface area contributed by atoms with Crippen LogP contribution in [-0.4, -0.2) is 21.2 Å². The van der Waals surface area contributed by atoms with E-state index in [2.05, 4.69) is 15.4 Å². The number of pyridine rings is 1. The van der Waals surface area contributed by atoms with Gasteiger partial charge in [0.05, 0.1) is 11.2 Å². The highest BCUT2D eigenvalue weighted by molar-refractivity contribution is 6.31. The molecule has 4 rings (SSSR count). The molecule has 0 fully saturated rings. The number of fused-ring (bicyclic) bond motifs is 2. The van der Waals surface area contributed by atoms with Crippen molar-refractivity contribution in [2.75, 3.05) is 5.32 Å². The molecule has 3 N–H and O–H groups in total. The summed E-state index contributed by atoms with van der Waals surface area (Å²) in [6.45, 7) is 0. The molecule has 2 aromatic heterocycles. The number of H-pyrrole nitrogens is 2. The number of hydrogen-bond acceptors (Lipinski definition) is 4. The summed E-state index contributed by atoms with van der Waals surface area (Å²) in [5.41, 5.74) is -0.740. The van der Waals surface area contributed by atoms with E-state index in [1.54, 1.807) is 12.1 Å². The van der Waals surface area contributed by atoms with E-state index in [0.717, 1.165) is 4.68 Å². The van der Waals surface area contributed by atoms with Crippen molar-refractivity contribution in [3.63, 3.8) is 0 Å². The van der Waals surface area contributed by atoms with E-state index in [0.29, 0.717) is 28.3 Å². The van der Waals surface area contributed by atoms with Gasteiger partial charge in [0.15, 0.2) is 0 Å². The molecule has 0 aliphatic carbocycles. The van der Waals surface area contributed by atoms with Crippen LogP contribution in [0.15, 0.2) is 56.8 Å². The van der Waals surface area contributed by atoms with Crippen LogP contribution in [0.4, 0.5) is 5.69 Å². The lowest BCUT2D eigenvalue weighted by molar-refractivity contribution is -0.105. The van der Waals surface area contributed by atoms with E-state index in [1.807, 2.05) is 0 Å². The zero-order chi connectivity index (χ0) is 19.1. The smallest absolute Gasteiger partial charge is 0.287 e. The number of benzene rings is 2. The van der Waals surface area contributed by atoms with Crippen molar-refractivity contribution < 1.29 is 4.79 Å². The molecule has 2 heterocycles. The third kappa shape index (κ3) is 2.72. The maximum atomic E-state index is 12.9. The van der Waals surface area contributed by atoms with Crippen LogP contribution in [0, 0.1) is 0 Å². The molecular weight excluding hydrogens is 372 g/mol. The van der Waals surface area contributed by atoms with E-state index in [1.165, 1.54) is 30.3 Å². The Bertz CT molecular complexity index is 1380. The van der Waals surface area contributed by atoms with Crippen molar-refractivity contribution in [3.05, 3.63) is 78.4 Å². The Balaban J connectivity index is 2.04. The summed E-state index contributed by atoms with van der Waals surface area (Å²) in [6.07, 6.45) is 0.524. The predicted octanol–water partition coefficient (Wildman–Crippen LogP) is 1.74. The summed E-state index contributed by atoms with van der Waals surface area (Å²) in [6, 6.07) is 10.7. The first kappa shape index (κ1) is 16.8. The van der Waals surface area contributed by atoms with Gasteiger partial charge in [0.25, 0.3) is 11.1 Å². The molecule has 0 aliphatic heterocycles. The van der Waals surface area contributed by atoms with E-state index < -0.39 is 16.5 Å². The molecular formula is C18H11ClN4O4. The number of anilines is 1. The number of rotatable bonds is 3. The number of aromatic amines is 2. The number of carbonyl (C=O) groups excluding carboxylic acids is 1. The predicted molar refractivity (Wildman–Crippen MR) is 103 cm³/mol. The van der Waals surface area contributed by atoms with E-state index in [9.17, 15) is 19.2 Å². The minimum absolute atomic E-state index is 0.116. The van der Waals surface area contributed by atoms with Crippen molar-refractivity contribution in [1.29, 1.82) is 0 Å². The molecule has 134 valence electrons. The molecule has 27 heavy (non-hydrogen) atoms. The molecule has 0 atom stereocenters. The molecule has 0 bridgehead atoms. The standard InChI is InChI=1S/C18H11ClN4O4/c19-9-1-6-12-13(7-9)21-15-14(16(12)25)18(27)23(22-17(15)26)11-4-2-10(3-5-11)20-8-24/h1-8H,(H,20,24)(H,21,25)(H,22,26). The number of halogens is 1. The van der Waals surface area contributed by atoms with Crippen molar-refractivity contribution in [1.82, 2.24) is 14.8 Å². The molecule has 0 unspecified atom stereocenters. The average molecular weight is 383 g/mol. The van der Waals surface area contributed by atoms with Gasteiger partial charge in [0.2, 0.25) is 11.8 Å². The van der Waals surface area contributed by atoms with Gasteiger partial charge in [0.1, 0.15) is 10.9 Å². The maximum Gasteiger partial charge on any atom is 0.287 e. The van der Waals surface area contributed by atoms with Crippen LogP contribution in [0.1, 0.15) is 0 Å². The van der Waals surface area contributed by atoms with Crippen LogP contribution in [0.5, 0.6) is 0 Å². The molecule has 0 aliphatic rings. The summed E-state index contributed by atoms with van der Waals surface area (Å²) in [5.74, 6) is 0. The third-order valence-electron chi connectivity index (χ3n) is 4.17. The largest absolute Gasteiger partial charge is 0.350 e. The SMILES string of the molecule is O=CNc1ccc(-n2[nH]c(=O)c3[nH]c4cc(Cl)ccc4c(=O)c3c2=O)cc1. The van der Waals surface area contributed by atoms with Gasteiger partial charge in [0, 0.05) is 16.1 Å². The number of nitrogens with zero attached hydrogens (tertiary/aromatic N) is 1. The van der Waals surface area contributed by atoms with Gasteiger partial charge in [-0.3, -0.25) is 24.3 Å². The third-order valence-corrected chi connectivity index (χ3v) is 4.41. The van der Waals surface area contributed by atoms with Gasteiger partial charge >= 0.3 is 0 Å². The fraction of sp³-hybridized carbons (Fsp3) is 0. The molecule has 0 saturated carbocycles. The van der Waals surface area contributed by atoms with Crippen LogP contribution in [0.2, 0.25) is 5.02 Å². The first-order chi connectivity index (χ1) is 13.0. The molecule has 2 aromatic carbocycles. The van der Waals surface area contributed by atoms with Crippen LogP contribution in [-0.2, 0) is 4.79 Å². The average Bonchev–Trinajstić information content (AvgIpc) is 2.65. The van der Waals surface area contributed by atoms with Gasteiger partial charge < -0.3 is 10.3 Å². The minimum Gasteiger partial charge on any atom is -0.350 e. The van der Waals surface area contributed by atoms with Gasteiger partial charge in [-0.15, -0.1) is 0 Å². The Labute approximate surface area is 155 Å². The Kier molecular flexibility index (Phi) is 3.89. The number of hydrogen-bond donors (Lipinski definition) is 3. The van der Waals surface area contributed by atoms with Gasteiger partial charge in [-0.2, -0.15) is 0 Å². The number of nitrogens with one attached hydrogen (secondary N) is 3. The van der Waals surface area contributed by atoms with Gasteiger partial charge in [-0.25, -0.2) is 4.68 Å². The normalized spacial score (nSPS) is 11.0. The minimum atomic E-state index is -0.668. The highest BCUT2D eigenvalue weighted by Gasteiger charge is 2.15. The molecule has 0 spiro atoms. The molecule has 8 nitrogen and oxygen atoms in total. The molecule has 0 saturated heterocycles. The lowest BCUT2D eigenvalue weighted by Crippen LogP contribution is -2.32. The first-order valence-corrected chi connectivity index (χ1v) is 8.18. The Morgan fingerprint density at radius 3 is 2.48 bits per heavy atom. The van der Waals surface area contributed by atoms with Gasteiger partial charge in [-0.1, -0.05) is 11.6 Å². The quantitative estimate of drug-likeness (QED) is 0.369. The lowest BCUT2D eigenvalue weighted by atomic mass is 10.1. The zero-order valence-electron chi connectivity index (χ0n) is 13.6. The Hall–Kier alpha value is -3.65. The van der Waals surface area contributed by atoms with Crippen molar-refractivity contribution >= 4 is 45.5 Å². The highest BCUT2D eigenvalue weighted by atomic mass is 35.5. The monoisotopic (exact) mass is 382 g/mol. The van der Waals surface area contributed by atoms with Crippen molar-refractivity contribution in [2.24, 2.45) is 0 Å². The fourth-order valence-electron chi connectivity index (χ4n) is 2.91. The second-order valence-electron chi connectivity index (χ2n) is 5.78. The van der Waals surface area contributed by atoms with Crippen LogP contribution < -0.4 is 21.9 Å². The molecule has 0 radical (unpaired) electrons. The molecule has 4 aromatic rings. The van der Waals surface area contributed by atoms with Crippen LogP contribution in [0.25, 0.3) is 27.5 Å². The summed E-state index contributed by atoms with van der Waals surface area (Å²) < 4.78 is 0.992. The Morgan fingerprint density at radius 1 is 1.04 bits per heavy atom. The van der Waals surface area contributed by atoms with Crippen molar-refractivity contribution in [2.45, 2.75) is 0 Å². The lowest BCUT2D eigenvalue weighted by Gasteiger charge is -2.09. The molecule has 1 amide bonds. The van der Waals surface area contributed by atoms with E-state index in [-0.39, 0.29) is 16.3 Å². The fourth-order valence-corrected chi connectivity index (χ4v) is 3.09. The second kappa shape index (κ2) is 6.26. The topological polar surface area (TPSA) is 117 Å². The maximum absolute atomic E-state index is 12.9.